The second-order valence-corrected chi connectivity index (χ2v) is 12.0. The van der Waals surface area contributed by atoms with E-state index in [0.717, 1.165) is 40.9 Å². The van der Waals surface area contributed by atoms with Crippen molar-refractivity contribution in [1.82, 2.24) is 14.8 Å². The lowest BCUT2D eigenvalue weighted by atomic mass is 10.0. The molecule has 2 heterocycles. The minimum Gasteiger partial charge on any atom is -0.488 e. The topological polar surface area (TPSA) is 110 Å². The summed E-state index contributed by atoms with van der Waals surface area (Å²) in [6, 6.07) is 16.6. The van der Waals surface area contributed by atoms with Crippen molar-refractivity contribution in [2.24, 2.45) is 0 Å². The maximum atomic E-state index is 13.4. The number of nitrogens with one attached hydrogen (secondary N) is 3. The summed E-state index contributed by atoms with van der Waals surface area (Å²) in [4.78, 5) is 29.2. The molecule has 2 aromatic carbocycles. The number of nitrogens with zero attached hydrogens (tertiary/aromatic N) is 3. The van der Waals surface area contributed by atoms with Gasteiger partial charge in [0, 0.05) is 23.4 Å². The lowest BCUT2D eigenvalue weighted by Crippen LogP contribution is -2.22. The lowest BCUT2D eigenvalue weighted by Gasteiger charge is -2.17. The molecule has 0 saturated heterocycles. The molecule has 3 N–H and O–H groups in total. The standard InChI is InChI=1S/C34H36ClIN6O3/c1-5-8-26-25(7-3)28(14-15-30(26)45-21-23-16-17-37-31(18-23)39-33(43)20-35)38-34(44)40-32-19-29(27(36)9-6-2)41-42(32)24-12-10-22(4)11-13-24/h5,7-8,10-19,27H,3,6,9,20-21H2,1-2,4H3,(H,37,39,43)(H2,38,40,44)/b8-5-. The average molecular weight is 739 g/mol. The van der Waals surface area contributed by atoms with Crippen LogP contribution in [0.2, 0.25) is 0 Å². The number of urea groups is 1. The van der Waals surface area contributed by atoms with Gasteiger partial charge in [-0.1, -0.05) is 78.4 Å². The molecule has 0 radical (unpaired) electrons. The Labute approximate surface area is 282 Å². The molecule has 0 saturated carbocycles. The largest absolute Gasteiger partial charge is 0.488 e. The predicted molar refractivity (Wildman–Crippen MR) is 192 cm³/mol. The fourth-order valence-electron chi connectivity index (χ4n) is 4.58. The summed E-state index contributed by atoms with van der Waals surface area (Å²) in [5.41, 5.74) is 5.73. The van der Waals surface area contributed by atoms with E-state index in [2.05, 4.69) is 57.0 Å². The molecule has 0 aliphatic carbocycles. The number of halogens is 2. The number of hydrogen-bond donors (Lipinski definition) is 3. The molecular weight excluding hydrogens is 703 g/mol. The first-order valence-corrected chi connectivity index (χ1v) is 16.3. The molecule has 9 nitrogen and oxygen atoms in total. The number of aryl methyl sites for hydroxylation is 1. The molecule has 4 aromatic rings. The number of pyridine rings is 1. The number of aromatic nitrogens is 3. The van der Waals surface area contributed by atoms with Gasteiger partial charge in [0.05, 0.1) is 21.0 Å². The number of alkyl halides is 2. The Hall–Kier alpha value is -4.16. The highest BCUT2D eigenvalue weighted by atomic mass is 127. The van der Waals surface area contributed by atoms with Gasteiger partial charge in [-0.3, -0.25) is 10.1 Å². The van der Waals surface area contributed by atoms with Crippen molar-refractivity contribution < 1.29 is 14.3 Å². The molecule has 45 heavy (non-hydrogen) atoms. The summed E-state index contributed by atoms with van der Waals surface area (Å²) in [6.45, 7) is 10.3. The molecule has 2 aromatic heterocycles. The zero-order valence-electron chi connectivity index (χ0n) is 25.4. The van der Waals surface area contributed by atoms with Crippen LogP contribution in [0.4, 0.5) is 22.1 Å². The molecule has 0 aliphatic rings. The number of amides is 3. The maximum Gasteiger partial charge on any atom is 0.324 e. The van der Waals surface area contributed by atoms with Crippen molar-refractivity contribution in [3.8, 4) is 11.4 Å². The van der Waals surface area contributed by atoms with Crippen LogP contribution in [0, 0.1) is 6.92 Å². The van der Waals surface area contributed by atoms with E-state index in [1.54, 1.807) is 41.2 Å². The highest BCUT2D eigenvalue weighted by Crippen LogP contribution is 2.33. The summed E-state index contributed by atoms with van der Waals surface area (Å²) < 4.78 is 8.15. The van der Waals surface area contributed by atoms with Gasteiger partial charge in [-0.05, 0) is 62.2 Å². The van der Waals surface area contributed by atoms with Gasteiger partial charge in [0.2, 0.25) is 5.91 Å². The van der Waals surface area contributed by atoms with E-state index in [9.17, 15) is 9.59 Å². The first-order valence-electron chi connectivity index (χ1n) is 14.5. The zero-order valence-corrected chi connectivity index (χ0v) is 28.4. The van der Waals surface area contributed by atoms with Gasteiger partial charge in [-0.2, -0.15) is 5.10 Å². The van der Waals surface area contributed by atoms with Crippen LogP contribution in [0.25, 0.3) is 17.8 Å². The highest BCUT2D eigenvalue weighted by molar-refractivity contribution is 14.1. The normalized spacial score (nSPS) is 11.7. The van der Waals surface area contributed by atoms with Crippen LogP contribution in [-0.2, 0) is 11.4 Å². The highest BCUT2D eigenvalue weighted by Gasteiger charge is 2.19. The van der Waals surface area contributed by atoms with E-state index in [0.29, 0.717) is 28.6 Å². The van der Waals surface area contributed by atoms with Gasteiger partial charge >= 0.3 is 6.03 Å². The lowest BCUT2D eigenvalue weighted by molar-refractivity contribution is -0.113. The first kappa shape index (κ1) is 33.7. The number of anilines is 3. The number of hydrogen-bond acceptors (Lipinski definition) is 5. The number of ether oxygens (including phenoxy) is 1. The van der Waals surface area contributed by atoms with E-state index in [4.69, 9.17) is 21.4 Å². The Kier molecular flexibility index (Phi) is 12.2. The molecule has 0 spiro atoms. The summed E-state index contributed by atoms with van der Waals surface area (Å²) in [7, 11) is 0. The van der Waals surface area contributed by atoms with Crippen molar-refractivity contribution in [3.05, 3.63) is 101 Å². The molecular formula is C34H36ClIN6O3. The minimum absolute atomic E-state index is 0.160. The third kappa shape index (κ3) is 8.95. The van der Waals surface area contributed by atoms with Crippen molar-refractivity contribution in [1.29, 1.82) is 0 Å². The van der Waals surface area contributed by atoms with Crippen LogP contribution in [0.5, 0.6) is 5.75 Å². The average Bonchev–Trinajstić information content (AvgIpc) is 3.45. The molecule has 1 atom stereocenters. The van der Waals surface area contributed by atoms with E-state index in [1.807, 2.05) is 56.3 Å². The minimum atomic E-state index is -0.415. The van der Waals surface area contributed by atoms with Gasteiger partial charge in [0.15, 0.2) is 0 Å². The van der Waals surface area contributed by atoms with Crippen LogP contribution in [0.1, 0.15) is 58.6 Å². The Balaban J connectivity index is 1.56. The summed E-state index contributed by atoms with van der Waals surface area (Å²) in [5, 5.41) is 13.4. The van der Waals surface area contributed by atoms with Gasteiger partial charge in [0.1, 0.15) is 29.9 Å². The summed E-state index contributed by atoms with van der Waals surface area (Å²) in [5.74, 6) is 1.06. The van der Waals surface area contributed by atoms with Crippen LogP contribution in [-0.4, -0.2) is 32.6 Å². The van der Waals surface area contributed by atoms with Crippen LogP contribution in [0.3, 0.4) is 0 Å². The van der Waals surface area contributed by atoms with E-state index < -0.39 is 6.03 Å². The Morgan fingerprint density at radius 2 is 1.87 bits per heavy atom. The van der Waals surface area contributed by atoms with Crippen molar-refractivity contribution in [3.63, 3.8) is 0 Å². The van der Waals surface area contributed by atoms with Gasteiger partial charge in [0.25, 0.3) is 0 Å². The molecule has 234 valence electrons. The molecule has 1 unspecified atom stereocenters. The number of rotatable bonds is 13. The molecule has 4 rings (SSSR count). The fourth-order valence-corrected chi connectivity index (χ4v) is 5.57. The van der Waals surface area contributed by atoms with E-state index in [-0.39, 0.29) is 22.3 Å². The Morgan fingerprint density at radius 3 is 2.56 bits per heavy atom. The smallest absolute Gasteiger partial charge is 0.324 e. The number of carbonyl (C=O) groups is 2. The second kappa shape index (κ2) is 16.2. The quantitative estimate of drug-likeness (QED) is 0.0938. The zero-order chi connectivity index (χ0) is 32.3. The maximum absolute atomic E-state index is 13.4. The monoisotopic (exact) mass is 738 g/mol. The number of benzene rings is 2. The van der Waals surface area contributed by atoms with Crippen molar-refractivity contribution in [2.75, 3.05) is 21.8 Å². The van der Waals surface area contributed by atoms with Crippen molar-refractivity contribution >= 4 is 75.6 Å². The molecule has 0 aliphatic heterocycles. The van der Waals surface area contributed by atoms with Crippen LogP contribution >= 0.6 is 34.2 Å². The Morgan fingerprint density at radius 1 is 1.09 bits per heavy atom. The number of carbonyl (C=O) groups excluding carboxylic acids is 2. The van der Waals surface area contributed by atoms with E-state index >= 15 is 0 Å². The molecule has 0 fully saturated rings. The molecule has 11 heteroatoms. The van der Waals surface area contributed by atoms with Crippen molar-refractivity contribution in [2.45, 2.75) is 44.1 Å². The predicted octanol–water partition coefficient (Wildman–Crippen LogP) is 8.93. The van der Waals surface area contributed by atoms with E-state index in [1.165, 1.54) is 0 Å². The molecule has 3 amide bonds. The SMILES string of the molecule is C=Cc1c(NC(=O)Nc2cc(C(I)CCC)nn2-c2ccc(C)cc2)ccc(OCc2ccnc(NC(=O)CCl)c2)c1/C=C\C. The van der Waals surface area contributed by atoms with Gasteiger partial charge in [-0.15, -0.1) is 11.6 Å². The third-order valence-electron chi connectivity index (χ3n) is 6.75. The van der Waals surface area contributed by atoms with Crippen LogP contribution in [0.15, 0.2) is 73.4 Å². The second-order valence-electron chi connectivity index (χ2n) is 10.2. The number of allylic oxidation sites excluding steroid dienone is 1. The Bertz CT molecular complexity index is 1690. The summed E-state index contributed by atoms with van der Waals surface area (Å²) in [6.07, 6.45) is 9.08. The molecule has 0 bridgehead atoms. The summed E-state index contributed by atoms with van der Waals surface area (Å²) >= 11 is 7.99. The fraction of sp³-hybridized carbons (Fsp3) is 0.235. The van der Waals surface area contributed by atoms with Crippen LogP contribution < -0.4 is 20.7 Å². The third-order valence-corrected chi connectivity index (χ3v) is 8.26. The van der Waals surface area contributed by atoms with Gasteiger partial charge in [-0.25, -0.2) is 14.5 Å². The first-order chi connectivity index (χ1) is 21.8. The van der Waals surface area contributed by atoms with Gasteiger partial charge < -0.3 is 15.4 Å².